The van der Waals surface area contributed by atoms with Gasteiger partial charge in [-0.15, -0.1) is 0 Å². The van der Waals surface area contributed by atoms with Crippen LogP contribution in [0, 0.1) is 0 Å². The molecule has 3 nitrogen and oxygen atoms in total. The van der Waals surface area contributed by atoms with E-state index in [2.05, 4.69) is 15.9 Å². The van der Waals surface area contributed by atoms with Crippen LogP contribution in [0.4, 0.5) is 18.9 Å². The Kier molecular flexibility index (Phi) is 4.70. The maximum absolute atomic E-state index is 13.4. The standard InChI is InChI=1S/C20H15BrClF3N2O/c1-26-16-6-5-15-13(19(16)14(22)9-18(26)28)8-17(27(15)10-20(23,24)25)11-3-2-4-12(21)7-11/h2-7,9,17H,8,10H2,1H3. The van der Waals surface area contributed by atoms with Gasteiger partial charge in [0.05, 0.1) is 16.6 Å². The third-order valence-electron chi connectivity index (χ3n) is 5.11. The molecule has 1 aliphatic rings. The second kappa shape index (κ2) is 6.81. The van der Waals surface area contributed by atoms with Crippen LogP contribution in [0.5, 0.6) is 0 Å². The Morgan fingerprint density at radius 1 is 1.21 bits per heavy atom. The van der Waals surface area contributed by atoms with Crippen LogP contribution in [0.3, 0.4) is 0 Å². The molecular weight excluding hydrogens is 457 g/mol. The first-order valence-corrected chi connectivity index (χ1v) is 9.73. The van der Waals surface area contributed by atoms with Gasteiger partial charge in [0.2, 0.25) is 0 Å². The summed E-state index contributed by atoms with van der Waals surface area (Å²) in [6.45, 7) is -1.06. The quantitative estimate of drug-likeness (QED) is 0.485. The molecule has 0 aliphatic carbocycles. The van der Waals surface area contributed by atoms with E-state index in [1.807, 2.05) is 24.3 Å². The molecule has 0 bridgehead atoms. The number of nitrogens with zero attached hydrogens (tertiary/aromatic N) is 2. The summed E-state index contributed by atoms with van der Waals surface area (Å²) in [5.74, 6) is 0. The molecule has 1 aliphatic heterocycles. The van der Waals surface area contributed by atoms with Gasteiger partial charge in [-0.1, -0.05) is 39.7 Å². The predicted molar refractivity (Wildman–Crippen MR) is 108 cm³/mol. The van der Waals surface area contributed by atoms with Crippen molar-refractivity contribution in [3.63, 3.8) is 0 Å². The average Bonchev–Trinajstić information content (AvgIpc) is 2.96. The molecule has 0 amide bonds. The van der Waals surface area contributed by atoms with E-state index in [-0.39, 0.29) is 10.6 Å². The van der Waals surface area contributed by atoms with Crippen molar-refractivity contribution < 1.29 is 13.2 Å². The number of fused-ring (bicyclic) bond motifs is 3. The molecule has 0 spiro atoms. The topological polar surface area (TPSA) is 25.2 Å². The van der Waals surface area contributed by atoms with Crippen LogP contribution in [0.25, 0.3) is 10.9 Å². The zero-order valence-electron chi connectivity index (χ0n) is 14.7. The highest BCUT2D eigenvalue weighted by Gasteiger charge is 2.40. The van der Waals surface area contributed by atoms with Gasteiger partial charge < -0.3 is 9.47 Å². The summed E-state index contributed by atoms with van der Waals surface area (Å²) < 4.78 is 42.3. The van der Waals surface area contributed by atoms with Gasteiger partial charge in [0.25, 0.3) is 5.56 Å². The lowest BCUT2D eigenvalue weighted by Gasteiger charge is -2.29. The number of halogens is 5. The first-order valence-electron chi connectivity index (χ1n) is 8.55. The summed E-state index contributed by atoms with van der Waals surface area (Å²) in [4.78, 5) is 13.4. The molecule has 2 heterocycles. The van der Waals surface area contributed by atoms with E-state index in [0.717, 1.165) is 15.6 Å². The van der Waals surface area contributed by atoms with Crippen molar-refractivity contribution in [2.24, 2.45) is 7.05 Å². The van der Waals surface area contributed by atoms with Gasteiger partial charge in [-0.25, -0.2) is 0 Å². The third-order valence-corrected chi connectivity index (χ3v) is 5.90. The van der Waals surface area contributed by atoms with Crippen molar-refractivity contribution in [2.75, 3.05) is 11.4 Å². The van der Waals surface area contributed by atoms with Crippen LogP contribution >= 0.6 is 27.5 Å². The van der Waals surface area contributed by atoms with Gasteiger partial charge in [-0.3, -0.25) is 4.79 Å². The summed E-state index contributed by atoms with van der Waals surface area (Å²) in [6.07, 6.45) is -3.98. The zero-order chi connectivity index (χ0) is 20.2. The van der Waals surface area contributed by atoms with Crippen molar-refractivity contribution in [3.05, 3.63) is 73.4 Å². The molecule has 4 rings (SSSR count). The fourth-order valence-electron chi connectivity index (χ4n) is 3.91. The molecule has 28 heavy (non-hydrogen) atoms. The molecule has 0 radical (unpaired) electrons. The summed E-state index contributed by atoms with van der Waals surface area (Å²) >= 11 is 9.75. The molecule has 2 aromatic carbocycles. The Morgan fingerprint density at radius 2 is 1.96 bits per heavy atom. The van der Waals surface area contributed by atoms with Crippen molar-refractivity contribution in [1.29, 1.82) is 0 Å². The minimum absolute atomic E-state index is 0.258. The number of pyridine rings is 1. The second-order valence-corrected chi connectivity index (χ2v) is 8.19. The Morgan fingerprint density at radius 3 is 2.64 bits per heavy atom. The van der Waals surface area contributed by atoms with Crippen molar-refractivity contribution in [2.45, 2.75) is 18.6 Å². The number of benzene rings is 2. The highest BCUT2D eigenvalue weighted by atomic mass is 79.9. The van der Waals surface area contributed by atoms with Gasteiger partial charge in [-0.2, -0.15) is 13.2 Å². The van der Waals surface area contributed by atoms with Crippen LogP contribution in [-0.4, -0.2) is 17.3 Å². The van der Waals surface area contributed by atoms with Crippen molar-refractivity contribution in [3.8, 4) is 0 Å². The normalized spacial score (nSPS) is 16.6. The molecule has 8 heteroatoms. The molecule has 1 unspecified atom stereocenters. The van der Waals surface area contributed by atoms with Crippen LogP contribution in [0.2, 0.25) is 5.02 Å². The highest BCUT2D eigenvalue weighted by Crippen LogP contribution is 2.46. The van der Waals surface area contributed by atoms with Crippen LogP contribution in [-0.2, 0) is 13.5 Å². The largest absolute Gasteiger partial charge is 0.405 e. The molecule has 146 valence electrons. The fraction of sp³-hybridized carbons (Fsp3) is 0.250. The summed E-state index contributed by atoms with van der Waals surface area (Å²) in [5.41, 5.74) is 2.36. The van der Waals surface area contributed by atoms with Gasteiger partial charge in [0, 0.05) is 28.7 Å². The maximum Gasteiger partial charge on any atom is 0.405 e. The lowest BCUT2D eigenvalue weighted by Crippen LogP contribution is -2.35. The van der Waals surface area contributed by atoms with E-state index in [9.17, 15) is 18.0 Å². The number of rotatable bonds is 2. The highest BCUT2D eigenvalue weighted by molar-refractivity contribution is 9.10. The van der Waals surface area contributed by atoms with Gasteiger partial charge in [0.15, 0.2) is 0 Å². The monoisotopic (exact) mass is 470 g/mol. The molecule has 0 saturated heterocycles. The Balaban J connectivity index is 1.94. The smallest absolute Gasteiger partial charge is 0.355 e. The van der Waals surface area contributed by atoms with E-state index >= 15 is 0 Å². The second-order valence-electron chi connectivity index (χ2n) is 6.86. The SMILES string of the molecule is Cn1c(=O)cc(Cl)c2c3c(ccc21)N(CC(F)(F)F)C(c1cccc(Br)c1)C3. The summed E-state index contributed by atoms with van der Waals surface area (Å²) in [5, 5.41) is 0.891. The Bertz CT molecular complexity index is 1140. The van der Waals surface area contributed by atoms with E-state index in [1.54, 1.807) is 19.2 Å². The number of alkyl halides is 3. The molecule has 0 saturated carbocycles. The Labute approximate surface area is 172 Å². The minimum Gasteiger partial charge on any atom is -0.355 e. The summed E-state index contributed by atoms with van der Waals surface area (Å²) in [6, 6.07) is 11.4. The number of hydrogen-bond donors (Lipinski definition) is 0. The van der Waals surface area contributed by atoms with Crippen molar-refractivity contribution >= 4 is 44.1 Å². The zero-order valence-corrected chi connectivity index (χ0v) is 17.1. The molecule has 3 aromatic rings. The average molecular weight is 472 g/mol. The molecule has 1 atom stereocenters. The van der Waals surface area contributed by atoms with E-state index in [4.69, 9.17) is 11.6 Å². The molecule has 0 N–H and O–H groups in total. The number of anilines is 1. The minimum atomic E-state index is -4.35. The van der Waals surface area contributed by atoms with Gasteiger partial charge in [-0.05, 0) is 41.8 Å². The third kappa shape index (κ3) is 3.31. The van der Waals surface area contributed by atoms with E-state index in [1.165, 1.54) is 15.5 Å². The lowest BCUT2D eigenvalue weighted by molar-refractivity contribution is -0.120. The van der Waals surface area contributed by atoms with Crippen molar-refractivity contribution in [1.82, 2.24) is 4.57 Å². The number of aryl methyl sites for hydroxylation is 1. The van der Waals surface area contributed by atoms with Crippen LogP contribution < -0.4 is 10.5 Å². The van der Waals surface area contributed by atoms with E-state index in [0.29, 0.717) is 23.0 Å². The van der Waals surface area contributed by atoms with Gasteiger partial charge >= 0.3 is 6.18 Å². The van der Waals surface area contributed by atoms with E-state index < -0.39 is 18.8 Å². The number of hydrogen-bond acceptors (Lipinski definition) is 2. The van der Waals surface area contributed by atoms with Crippen LogP contribution in [0.15, 0.2) is 51.7 Å². The number of aromatic nitrogens is 1. The fourth-order valence-corrected chi connectivity index (χ4v) is 4.64. The first kappa shape index (κ1) is 19.3. The van der Waals surface area contributed by atoms with Gasteiger partial charge in [0.1, 0.15) is 6.54 Å². The molecule has 0 fully saturated rings. The summed E-state index contributed by atoms with van der Waals surface area (Å²) in [7, 11) is 1.63. The van der Waals surface area contributed by atoms with Crippen LogP contribution in [0.1, 0.15) is 17.2 Å². The molecular formula is C20H15BrClF3N2O. The predicted octanol–water partition coefficient (Wildman–Crippen LogP) is 5.62. The maximum atomic E-state index is 13.4. The molecule has 1 aromatic heterocycles. The first-order chi connectivity index (χ1) is 13.2. The lowest BCUT2D eigenvalue weighted by atomic mass is 9.99. The Hall–Kier alpha value is -1.99.